The second-order valence-electron chi connectivity index (χ2n) is 4.89. The van der Waals surface area contributed by atoms with Gasteiger partial charge in [0.05, 0.1) is 4.90 Å². The minimum Gasteiger partial charge on any atom is -0.322 e. The predicted octanol–water partition coefficient (Wildman–Crippen LogP) is 2.35. The number of aromatic nitrogens is 1. The quantitative estimate of drug-likeness (QED) is 0.944. The summed E-state index contributed by atoms with van der Waals surface area (Å²) in [4.78, 5) is 16.5. The van der Waals surface area contributed by atoms with E-state index in [1.54, 1.807) is 12.3 Å². The van der Waals surface area contributed by atoms with Gasteiger partial charge in [-0.25, -0.2) is 8.42 Å². The fourth-order valence-corrected chi connectivity index (χ4v) is 2.44. The van der Waals surface area contributed by atoms with Crippen LogP contribution in [-0.2, 0) is 9.84 Å². The minimum atomic E-state index is -3.26. The van der Waals surface area contributed by atoms with Crippen molar-refractivity contribution in [3.8, 4) is 0 Å². The third kappa shape index (κ3) is 3.66. The molecule has 110 valence electrons. The second kappa shape index (κ2) is 5.65. The minimum absolute atomic E-state index is 0.190. The van der Waals surface area contributed by atoms with E-state index in [-0.39, 0.29) is 10.8 Å². The Labute approximate surface area is 124 Å². The van der Waals surface area contributed by atoms with E-state index in [1.165, 1.54) is 24.3 Å². The van der Waals surface area contributed by atoms with Gasteiger partial charge in [-0.15, -0.1) is 0 Å². The molecule has 0 spiro atoms. The first-order valence-electron chi connectivity index (χ1n) is 6.32. The fourth-order valence-electron chi connectivity index (χ4n) is 1.81. The normalized spacial score (nSPS) is 11.2. The van der Waals surface area contributed by atoms with Crippen LogP contribution in [0.4, 0.5) is 5.69 Å². The molecule has 2 aromatic rings. The molecule has 0 unspecified atom stereocenters. The Kier molecular flexibility index (Phi) is 4.09. The molecule has 1 amide bonds. The molecular formula is C15H16N2O3S. The Balaban J connectivity index is 2.23. The highest BCUT2D eigenvalue weighted by Gasteiger charge is 2.11. The van der Waals surface area contributed by atoms with Crippen LogP contribution in [0.15, 0.2) is 41.4 Å². The maximum atomic E-state index is 12.2. The van der Waals surface area contributed by atoms with Gasteiger partial charge in [-0.05, 0) is 49.7 Å². The van der Waals surface area contributed by atoms with Gasteiger partial charge in [-0.3, -0.25) is 9.78 Å². The van der Waals surface area contributed by atoms with Crippen molar-refractivity contribution >= 4 is 21.4 Å². The van der Waals surface area contributed by atoms with Crippen molar-refractivity contribution in [3.05, 3.63) is 53.3 Å². The fraction of sp³-hybridized carbons (Fsp3) is 0.200. The highest BCUT2D eigenvalue weighted by Crippen LogP contribution is 2.16. The molecule has 0 aliphatic heterocycles. The molecule has 6 heteroatoms. The van der Waals surface area contributed by atoms with Crippen LogP contribution in [0.5, 0.6) is 0 Å². The number of nitrogens with zero attached hydrogens (tertiary/aromatic N) is 1. The molecule has 0 atom stereocenters. The highest BCUT2D eigenvalue weighted by molar-refractivity contribution is 7.90. The summed E-state index contributed by atoms with van der Waals surface area (Å²) in [5.74, 6) is -0.288. The van der Waals surface area contributed by atoms with Gasteiger partial charge >= 0.3 is 0 Å². The van der Waals surface area contributed by atoms with Gasteiger partial charge in [0.2, 0.25) is 0 Å². The van der Waals surface area contributed by atoms with Gasteiger partial charge in [-0.2, -0.15) is 0 Å². The molecule has 0 saturated heterocycles. The lowest BCUT2D eigenvalue weighted by Crippen LogP contribution is -2.13. The van der Waals surface area contributed by atoms with E-state index in [0.717, 1.165) is 17.5 Å². The number of anilines is 1. The molecule has 0 fully saturated rings. The van der Waals surface area contributed by atoms with E-state index in [2.05, 4.69) is 10.3 Å². The van der Waals surface area contributed by atoms with Crippen molar-refractivity contribution in [1.29, 1.82) is 0 Å². The molecule has 1 aromatic heterocycles. The lowest BCUT2D eigenvalue weighted by molar-refractivity contribution is 0.102. The average molecular weight is 304 g/mol. The Bertz CT molecular complexity index is 781. The van der Waals surface area contributed by atoms with Crippen LogP contribution in [0, 0.1) is 13.8 Å². The maximum Gasteiger partial charge on any atom is 0.255 e. The number of rotatable bonds is 3. The number of benzene rings is 1. The van der Waals surface area contributed by atoms with Gasteiger partial charge in [0.15, 0.2) is 9.84 Å². The molecule has 0 aliphatic carbocycles. The van der Waals surface area contributed by atoms with Gasteiger partial charge < -0.3 is 5.32 Å². The van der Waals surface area contributed by atoms with Crippen molar-refractivity contribution in [2.75, 3.05) is 11.6 Å². The molecule has 0 radical (unpaired) electrons. The van der Waals surface area contributed by atoms with Crippen LogP contribution in [-0.4, -0.2) is 25.6 Å². The summed E-state index contributed by atoms with van der Waals surface area (Å²) in [6.07, 6.45) is 2.82. The number of sulfone groups is 1. The first kappa shape index (κ1) is 15.2. The largest absolute Gasteiger partial charge is 0.322 e. The van der Waals surface area contributed by atoms with Crippen LogP contribution < -0.4 is 5.32 Å². The predicted molar refractivity (Wildman–Crippen MR) is 81.2 cm³/mol. The molecule has 0 aliphatic rings. The van der Waals surface area contributed by atoms with Crippen molar-refractivity contribution in [2.45, 2.75) is 18.7 Å². The maximum absolute atomic E-state index is 12.2. The van der Waals surface area contributed by atoms with Crippen LogP contribution in [0.3, 0.4) is 0 Å². The Morgan fingerprint density at radius 1 is 1.14 bits per heavy atom. The summed E-state index contributed by atoms with van der Waals surface area (Å²) in [6.45, 7) is 3.70. The van der Waals surface area contributed by atoms with Crippen molar-refractivity contribution in [2.24, 2.45) is 0 Å². The molecule has 5 nitrogen and oxygen atoms in total. The van der Waals surface area contributed by atoms with E-state index in [4.69, 9.17) is 0 Å². The molecule has 1 N–H and O–H groups in total. The summed E-state index contributed by atoms with van der Waals surface area (Å²) < 4.78 is 22.8. The lowest BCUT2D eigenvalue weighted by atomic mass is 10.2. The lowest BCUT2D eigenvalue weighted by Gasteiger charge is -2.09. The monoisotopic (exact) mass is 304 g/mol. The Hall–Kier alpha value is -2.21. The number of amides is 1. The van der Waals surface area contributed by atoms with Crippen molar-refractivity contribution < 1.29 is 13.2 Å². The first-order valence-corrected chi connectivity index (χ1v) is 8.21. The van der Waals surface area contributed by atoms with Crippen LogP contribution in [0.25, 0.3) is 0 Å². The molecule has 0 saturated carbocycles. The zero-order valence-electron chi connectivity index (χ0n) is 12.0. The smallest absolute Gasteiger partial charge is 0.255 e. The summed E-state index contributed by atoms with van der Waals surface area (Å²) in [5.41, 5.74) is 2.76. The van der Waals surface area contributed by atoms with Crippen LogP contribution in [0.2, 0.25) is 0 Å². The number of aryl methyl sites for hydroxylation is 2. The molecule has 2 rings (SSSR count). The van der Waals surface area contributed by atoms with Crippen LogP contribution in [0.1, 0.15) is 21.6 Å². The molecule has 21 heavy (non-hydrogen) atoms. The van der Waals surface area contributed by atoms with Crippen molar-refractivity contribution in [1.82, 2.24) is 4.98 Å². The number of pyridine rings is 1. The van der Waals surface area contributed by atoms with E-state index in [9.17, 15) is 13.2 Å². The third-order valence-electron chi connectivity index (χ3n) is 3.03. The van der Waals surface area contributed by atoms with E-state index >= 15 is 0 Å². The van der Waals surface area contributed by atoms with E-state index in [1.807, 2.05) is 13.8 Å². The van der Waals surface area contributed by atoms with E-state index in [0.29, 0.717) is 11.3 Å². The van der Waals surface area contributed by atoms with Gasteiger partial charge in [0.25, 0.3) is 5.91 Å². The second-order valence-corrected chi connectivity index (χ2v) is 6.91. The van der Waals surface area contributed by atoms with Gasteiger partial charge in [0.1, 0.15) is 0 Å². The number of carbonyl (C=O) groups is 1. The zero-order valence-corrected chi connectivity index (χ0v) is 12.9. The average Bonchev–Trinajstić information content (AvgIpc) is 2.42. The number of hydrogen-bond donors (Lipinski definition) is 1. The number of hydrogen-bond acceptors (Lipinski definition) is 4. The van der Waals surface area contributed by atoms with Crippen molar-refractivity contribution in [3.63, 3.8) is 0 Å². The Morgan fingerprint density at radius 2 is 1.76 bits per heavy atom. The standard InChI is InChI=1S/C15H16N2O3S/c1-10-9-16-11(2)8-14(10)17-15(18)12-4-6-13(7-5-12)21(3,19)20/h4-9H,1-3H3,(H,16,17,18). The number of carbonyl (C=O) groups excluding carboxylic acids is 1. The summed E-state index contributed by atoms with van der Waals surface area (Å²) in [6, 6.07) is 7.63. The zero-order chi connectivity index (χ0) is 15.6. The van der Waals surface area contributed by atoms with Crippen LogP contribution >= 0.6 is 0 Å². The topological polar surface area (TPSA) is 76.1 Å². The third-order valence-corrected chi connectivity index (χ3v) is 4.16. The molecule has 1 aromatic carbocycles. The summed E-state index contributed by atoms with van der Waals surface area (Å²) in [7, 11) is -3.26. The summed E-state index contributed by atoms with van der Waals surface area (Å²) in [5, 5.41) is 2.80. The van der Waals surface area contributed by atoms with Gasteiger partial charge in [0, 0.05) is 29.4 Å². The summed E-state index contributed by atoms with van der Waals surface area (Å²) >= 11 is 0. The molecular weight excluding hydrogens is 288 g/mol. The number of nitrogens with one attached hydrogen (secondary N) is 1. The first-order chi connectivity index (χ1) is 9.77. The van der Waals surface area contributed by atoms with Gasteiger partial charge in [-0.1, -0.05) is 0 Å². The highest BCUT2D eigenvalue weighted by atomic mass is 32.2. The van der Waals surface area contributed by atoms with E-state index < -0.39 is 9.84 Å². The molecule has 0 bridgehead atoms. The SMILES string of the molecule is Cc1cc(NC(=O)c2ccc(S(C)(=O)=O)cc2)c(C)cn1. The molecule has 1 heterocycles. The Morgan fingerprint density at radius 3 is 2.33 bits per heavy atom.